The van der Waals surface area contributed by atoms with Crippen LogP contribution in [0.25, 0.3) is 0 Å². The molecule has 0 bridgehead atoms. The van der Waals surface area contributed by atoms with Gasteiger partial charge in [0.05, 0.1) is 15.8 Å². The second-order valence-corrected chi connectivity index (χ2v) is 5.65. The Kier molecular flexibility index (Phi) is 3.92. The van der Waals surface area contributed by atoms with Gasteiger partial charge < -0.3 is 11.1 Å². The van der Waals surface area contributed by atoms with E-state index in [9.17, 15) is 4.39 Å². The Morgan fingerprint density at radius 2 is 1.83 bits per heavy atom. The Morgan fingerprint density at radius 3 is 2.50 bits per heavy atom. The Balaban J connectivity index is 2.34. The second kappa shape index (κ2) is 5.28. The monoisotopic (exact) mass is 372 g/mol. The van der Waals surface area contributed by atoms with Crippen molar-refractivity contribution in [1.29, 1.82) is 0 Å². The zero-order chi connectivity index (χ0) is 13.3. The molecule has 94 valence electrons. The summed E-state index contributed by atoms with van der Waals surface area (Å²) in [4.78, 5) is 0. The van der Waals surface area contributed by atoms with Crippen LogP contribution in [0.15, 0.2) is 39.3 Å². The second-order valence-electron chi connectivity index (χ2n) is 3.94. The van der Waals surface area contributed by atoms with E-state index in [0.29, 0.717) is 15.8 Å². The molecule has 0 aliphatic carbocycles. The normalized spacial score (nSPS) is 10.4. The molecule has 2 rings (SSSR count). The van der Waals surface area contributed by atoms with Crippen LogP contribution >= 0.6 is 31.9 Å². The maximum atomic E-state index is 13.5. The fraction of sp³-hybridized carbons (Fsp3) is 0.0769. The highest BCUT2D eigenvalue weighted by Gasteiger charge is 2.06. The molecular formula is C13H11Br2FN2. The third-order valence-electron chi connectivity index (χ3n) is 2.53. The molecule has 0 aliphatic heterocycles. The van der Waals surface area contributed by atoms with Crippen LogP contribution in [0.4, 0.5) is 21.5 Å². The van der Waals surface area contributed by atoms with Gasteiger partial charge in [0.1, 0.15) is 5.82 Å². The number of nitrogen functional groups attached to an aromatic ring is 1. The number of hydrogen-bond acceptors (Lipinski definition) is 2. The summed E-state index contributed by atoms with van der Waals surface area (Å²) >= 11 is 6.53. The van der Waals surface area contributed by atoms with E-state index in [1.165, 1.54) is 6.07 Å². The molecule has 0 fully saturated rings. The highest BCUT2D eigenvalue weighted by Crippen LogP contribution is 2.30. The minimum atomic E-state index is -0.347. The molecule has 0 amide bonds. The van der Waals surface area contributed by atoms with Crippen LogP contribution in [0.3, 0.4) is 0 Å². The van der Waals surface area contributed by atoms with Crippen molar-refractivity contribution in [2.45, 2.75) is 6.92 Å². The SMILES string of the molecule is Cc1cc(Nc2cc(F)c(Br)cc2N)ccc1Br. The summed E-state index contributed by atoms with van der Waals surface area (Å²) in [5, 5.41) is 3.10. The number of rotatable bonds is 2. The minimum Gasteiger partial charge on any atom is -0.397 e. The molecule has 18 heavy (non-hydrogen) atoms. The van der Waals surface area contributed by atoms with Crippen LogP contribution < -0.4 is 11.1 Å². The molecule has 2 aromatic carbocycles. The highest BCUT2D eigenvalue weighted by molar-refractivity contribution is 9.10. The van der Waals surface area contributed by atoms with E-state index in [4.69, 9.17) is 5.73 Å². The average Bonchev–Trinajstić information content (AvgIpc) is 2.31. The number of hydrogen-bond donors (Lipinski definition) is 2. The summed E-state index contributed by atoms with van der Waals surface area (Å²) in [6.07, 6.45) is 0. The van der Waals surface area contributed by atoms with Gasteiger partial charge in [-0.3, -0.25) is 0 Å². The number of nitrogens with two attached hydrogens (primary N) is 1. The van der Waals surface area contributed by atoms with E-state index in [0.717, 1.165) is 15.7 Å². The first-order valence-electron chi connectivity index (χ1n) is 5.25. The predicted octanol–water partition coefficient (Wildman–Crippen LogP) is 4.98. The van der Waals surface area contributed by atoms with Crippen LogP contribution in [0, 0.1) is 12.7 Å². The lowest BCUT2D eigenvalue weighted by atomic mass is 10.2. The third kappa shape index (κ3) is 2.84. The van der Waals surface area contributed by atoms with Crippen molar-refractivity contribution >= 4 is 48.9 Å². The summed E-state index contributed by atoms with van der Waals surface area (Å²) in [6, 6.07) is 8.71. The Labute approximate surface area is 122 Å². The maximum absolute atomic E-state index is 13.5. The summed E-state index contributed by atoms with van der Waals surface area (Å²) in [7, 11) is 0. The lowest BCUT2D eigenvalue weighted by Gasteiger charge is -2.11. The fourth-order valence-corrected chi connectivity index (χ4v) is 2.16. The molecular weight excluding hydrogens is 363 g/mol. The van der Waals surface area contributed by atoms with Gasteiger partial charge in [0.2, 0.25) is 0 Å². The van der Waals surface area contributed by atoms with Gasteiger partial charge in [0, 0.05) is 16.2 Å². The van der Waals surface area contributed by atoms with Gasteiger partial charge in [0.15, 0.2) is 0 Å². The molecule has 3 N–H and O–H groups in total. The van der Waals surface area contributed by atoms with E-state index in [1.54, 1.807) is 6.07 Å². The number of benzene rings is 2. The quantitative estimate of drug-likeness (QED) is 0.728. The van der Waals surface area contributed by atoms with Gasteiger partial charge in [0.25, 0.3) is 0 Å². The van der Waals surface area contributed by atoms with Gasteiger partial charge in [-0.25, -0.2) is 4.39 Å². The third-order valence-corrected chi connectivity index (χ3v) is 4.03. The van der Waals surface area contributed by atoms with E-state index in [2.05, 4.69) is 37.2 Å². The van der Waals surface area contributed by atoms with E-state index < -0.39 is 0 Å². The lowest BCUT2D eigenvalue weighted by Crippen LogP contribution is -1.98. The fourth-order valence-electron chi connectivity index (χ4n) is 1.55. The Bertz CT molecular complexity index is 600. The molecule has 5 heteroatoms. The zero-order valence-electron chi connectivity index (χ0n) is 9.60. The van der Waals surface area contributed by atoms with E-state index >= 15 is 0 Å². The topological polar surface area (TPSA) is 38.0 Å². The highest BCUT2D eigenvalue weighted by atomic mass is 79.9. The van der Waals surface area contributed by atoms with Gasteiger partial charge >= 0.3 is 0 Å². The van der Waals surface area contributed by atoms with Crippen LogP contribution in [-0.2, 0) is 0 Å². The number of nitrogens with one attached hydrogen (secondary N) is 1. The van der Waals surface area contributed by atoms with Crippen molar-refractivity contribution in [2.24, 2.45) is 0 Å². The largest absolute Gasteiger partial charge is 0.397 e. The molecule has 2 nitrogen and oxygen atoms in total. The van der Waals surface area contributed by atoms with Crippen LogP contribution in [-0.4, -0.2) is 0 Å². The molecule has 0 aliphatic rings. The van der Waals surface area contributed by atoms with Crippen molar-refractivity contribution in [1.82, 2.24) is 0 Å². The zero-order valence-corrected chi connectivity index (χ0v) is 12.8. The summed E-state index contributed by atoms with van der Waals surface area (Å²) < 4.78 is 14.8. The Hall–Kier alpha value is -1.07. The minimum absolute atomic E-state index is 0.347. The molecule has 0 spiro atoms. The first-order chi connectivity index (χ1) is 8.47. The summed E-state index contributed by atoms with van der Waals surface area (Å²) in [5.41, 5.74) is 8.84. The molecule has 0 saturated heterocycles. The van der Waals surface area contributed by atoms with Crippen molar-refractivity contribution in [2.75, 3.05) is 11.1 Å². The van der Waals surface area contributed by atoms with Crippen LogP contribution in [0.5, 0.6) is 0 Å². The lowest BCUT2D eigenvalue weighted by molar-refractivity contribution is 0.622. The standard InChI is InChI=1S/C13H11Br2FN2/c1-7-4-8(2-3-9(7)14)18-13-6-11(16)10(15)5-12(13)17/h2-6,18H,17H2,1H3. The van der Waals surface area contributed by atoms with E-state index in [-0.39, 0.29) is 5.82 Å². The maximum Gasteiger partial charge on any atom is 0.139 e. The van der Waals surface area contributed by atoms with Crippen molar-refractivity contribution in [3.05, 3.63) is 50.7 Å². The summed E-state index contributed by atoms with van der Waals surface area (Å²) in [5.74, 6) is -0.347. The van der Waals surface area contributed by atoms with Gasteiger partial charge in [-0.1, -0.05) is 15.9 Å². The van der Waals surface area contributed by atoms with Crippen molar-refractivity contribution in [3.63, 3.8) is 0 Å². The van der Waals surface area contributed by atoms with Crippen molar-refractivity contribution < 1.29 is 4.39 Å². The van der Waals surface area contributed by atoms with E-state index in [1.807, 2.05) is 25.1 Å². The Morgan fingerprint density at radius 1 is 1.11 bits per heavy atom. The number of anilines is 3. The van der Waals surface area contributed by atoms with Crippen LogP contribution in [0.2, 0.25) is 0 Å². The molecule has 0 radical (unpaired) electrons. The number of aryl methyl sites for hydroxylation is 1. The number of halogens is 3. The molecule has 2 aromatic rings. The smallest absolute Gasteiger partial charge is 0.139 e. The molecule has 0 heterocycles. The predicted molar refractivity (Wildman–Crippen MR) is 80.7 cm³/mol. The first kappa shape index (κ1) is 13.4. The molecule has 0 aromatic heterocycles. The molecule has 0 atom stereocenters. The molecule has 0 saturated carbocycles. The molecule has 0 unspecified atom stereocenters. The van der Waals surface area contributed by atoms with Crippen molar-refractivity contribution in [3.8, 4) is 0 Å². The summed E-state index contributed by atoms with van der Waals surface area (Å²) in [6.45, 7) is 1.99. The van der Waals surface area contributed by atoms with Crippen LogP contribution in [0.1, 0.15) is 5.56 Å². The first-order valence-corrected chi connectivity index (χ1v) is 6.83. The van der Waals surface area contributed by atoms with Gasteiger partial charge in [-0.15, -0.1) is 0 Å². The van der Waals surface area contributed by atoms with Gasteiger partial charge in [-0.2, -0.15) is 0 Å². The van der Waals surface area contributed by atoms with Gasteiger partial charge in [-0.05, 0) is 52.7 Å². The average molecular weight is 374 g/mol.